The second-order valence-corrected chi connectivity index (χ2v) is 7.19. The van der Waals surface area contributed by atoms with Gasteiger partial charge in [0.05, 0.1) is 24.9 Å². The van der Waals surface area contributed by atoms with Gasteiger partial charge in [-0.3, -0.25) is 9.88 Å². The number of nitrogens with zero attached hydrogens (tertiary/aromatic N) is 3. The molecule has 2 amide bonds. The van der Waals surface area contributed by atoms with E-state index >= 15 is 0 Å². The van der Waals surface area contributed by atoms with Crippen LogP contribution >= 0.6 is 11.6 Å². The predicted octanol–water partition coefficient (Wildman–Crippen LogP) is 2.60. The first-order valence-electron chi connectivity index (χ1n) is 9.11. The number of urea groups is 1. The highest BCUT2D eigenvalue weighted by molar-refractivity contribution is 6.30. The van der Waals surface area contributed by atoms with Crippen LogP contribution < -0.4 is 5.32 Å². The molecule has 144 valence electrons. The summed E-state index contributed by atoms with van der Waals surface area (Å²) in [5.74, 6) is 0. The van der Waals surface area contributed by atoms with Crippen molar-refractivity contribution in [3.8, 4) is 0 Å². The Balaban J connectivity index is 1.51. The Kier molecular flexibility index (Phi) is 6.66. The van der Waals surface area contributed by atoms with Gasteiger partial charge in [0.25, 0.3) is 0 Å². The van der Waals surface area contributed by atoms with Crippen LogP contribution in [0.4, 0.5) is 4.79 Å². The van der Waals surface area contributed by atoms with E-state index in [1.165, 1.54) is 0 Å². The Hall–Kier alpha value is -2.15. The summed E-state index contributed by atoms with van der Waals surface area (Å²) in [5.41, 5.74) is 3.01. The SMILES string of the molecule is Cc1ccnc(CNC(=O)N2CCN(C(CO)c3ccc(Cl)cc3)CC2)c1. The molecule has 0 spiro atoms. The first-order valence-corrected chi connectivity index (χ1v) is 9.49. The summed E-state index contributed by atoms with van der Waals surface area (Å²) in [6.45, 7) is 5.13. The molecule has 1 atom stereocenters. The summed E-state index contributed by atoms with van der Waals surface area (Å²) in [7, 11) is 0. The van der Waals surface area contributed by atoms with Crippen LogP contribution in [-0.2, 0) is 6.54 Å². The van der Waals surface area contributed by atoms with Crippen LogP contribution in [0.1, 0.15) is 22.9 Å². The molecule has 0 saturated carbocycles. The van der Waals surface area contributed by atoms with E-state index in [-0.39, 0.29) is 18.7 Å². The minimum Gasteiger partial charge on any atom is -0.394 e. The molecule has 1 aliphatic rings. The molecule has 2 N–H and O–H groups in total. The highest BCUT2D eigenvalue weighted by atomic mass is 35.5. The van der Waals surface area contributed by atoms with Gasteiger partial charge < -0.3 is 15.3 Å². The highest BCUT2D eigenvalue weighted by Crippen LogP contribution is 2.23. The quantitative estimate of drug-likeness (QED) is 0.826. The van der Waals surface area contributed by atoms with Gasteiger partial charge in [-0.2, -0.15) is 0 Å². The lowest BCUT2D eigenvalue weighted by molar-refractivity contribution is 0.0755. The van der Waals surface area contributed by atoms with E-state index in [0.717, 1.165) is 16.8 Å². The molecule has 1 aromatic carbocycles. The van der Waals surface area contributed by atoms with Crippen molar-refractivity contribution in [3.63, 3.8) is 0 Å². The number of aryl methyl sites for hydroxylation is 1. The minimum atomic E-state index is -0.0797. The summed E-state index contributed by atoms with van der Waals surface area (Å²) >= 11 is 5.95. The van der Waals surface area contributed by atoms with Gasteiger partial charge in [0.15, 0.2) is 0 Å². The van der Waals surface area contributed by atoms with E-state index in [9.17, 15) is 9.90 Å². The minimum absolute atomic E-state index is 0.0346. The third-order valence-electron chi connectivity index (χ3n) is 4.86. The van der Waals surface area contributed by atoms with Crippen molar-refractivity contribution in [2.45, 2.75) is 19.5 Å². The maximum absolute atomic E-state index is 12.4. The van der Waals surface area contributed by atoms with Crippen LogP contribution in [0.2, 0.25) is 5.02 Å². The summed E-state index contributed by atoms with van der Waals surface area (Å²) in [6.07, 6.45) is 1.75. The van der Waals surface area contributed by atoms with Crippen LogP contribution in [0.5, 0.6) is 0 Å². The molecule has 1 fully saturated rings. The zero-order valence-electron chi connectivity index (χ0n) is 15.4. The summed E-state index contributed by atoms with van der Waals surface area (Å²) < 4.78 is 0. The molecule has 1 aromatic heterocycles. The largest absolute Gasteiger partial charge is 0.394 e. The lowest BCUT2D eigenvalue weighted by Crippen LogP contribution is -2.52. The maximum atomic E-state index is 12.4. The molecule has 6 nitrogen and oxygen atoms in total. The number of piperazine rings is 1. The van der Waals surface area contributed by atoms with E-state index in [1.54, 1.807) is 6.20 Å². The number of rotatable bonds is 5. The number of benzene rings is 1. The van der Waals surface area contributed by atoms with Crippen LogP contribution in [0.15, 0.2) is 42.6 Å². The lowest BCUT2D eigenvalue weighted by Gasteiger charge is -2.38. The third-order valence-corrected chi connectivity index (χ3v) is 5.11. The molecule has 0 aliphatic carbocycles. The van der Waals surface area contributed by atoms with Gasteiger partial charge in [-0.1, -0.05) is 23.7 Å². The van der Waals surface area contributed by atoms with Crippen molar-refractivity contribution in [2.75, 3.05) is 32.8 Å². The standard InChI is InChI=1S/C20H25ClN4O2/c1-15-6-7-22-18(12-15)13-23-20(27)25-10-8-24(9-11-25)19(14-26)16-2-4-17(21)5-3-16/h2-7,12,19,26H,8-11,13-14H2,1H3,(H,23,27). The first-order chi connectivity index (χ1) is 13.1. The average Bonchev–Trinajstić information content (AvgIpc) is 2.69. The summed E-state index contributed by atoms with van der Waals surface area (Å²) in [5, 5.41) is 13.4. The number of aliphatic hydroxyl groups excluding tert-OH is 1. The van der Waals surface area contributed by atoms with Crippen molar-refractivity contribution in [1.82, 2.24) is 20.1 Å². The van der Waals surface area contributed by atoms with E-state index in [2.05, 4.69) is 15.2 Å². The number of aliphatic hydroxyl groups is 1. The van der Waals surface area contributed by atoms with Gasteiger partial charge in [-0.25, -0.2) is 4.79 Å². The number of carbonyl (C=O) groups excluding carboxylic acids is 1. The Morgan fingerprint density at radius 1 is 1.22 bits per heavy atom. The van der Waals surface area contributed by atoms with Gasteiger partial charge in [0.1, 0.15) is 0 Å². The monoisotopic (exact) mass is 388 g/mol. The molecule has 0 bridgehead atoms. The Morgan fingerprint density at radius 2 is 1.93 bits per heavy atom. The van der Waals surface area contributed by atoms with E-state index in [1.807, 2.05) is 48.2 Å². The number of aromatic nitrogens is 1. The van der Waals surface area contributed by atoms with Gasteiger partial charge in [0, 0.05) is 37.4 Å². The number of hydrogen-bond donors (Lipinski definition) is 2. The number of halogens is 1. The molecule has 1 aliphatic heterocycles. The average molecular weight is 389 g/mol. The Bertz CT molecular complexity index is 761. The molecule has 7 heteroatoms. The Morgan fingerprint density at radius 3 is 2.56 bits per heavy atom. The fourth-order valence-electron chi connectivity index (χ4n) is 3.33. The summed E-state index contributed by atoms with van der Waals surface area (Å²) in [4.78, 5) is 20.7. The fraction of sp³-hybridized carbons (Fsp3) is 0.400. The van der Waals surface area contributed by atoms with Crippen LogP contribution in [0.3, 0.4) is 0 Å². The number of pyridine rings is 1. The van der Waals surface area contributed by atoms with E-state index in [0.29, 0.717) is 37.7 Å². The molecular weight excluding hydrogens is 364 g/mol. The zero-order chi connectivity index (χ0) is 19.2. The molecule has 3 rings (SSSR count). The fourth-order valence-corrected chi connectivity index (χ4v) is 3.45. The molecular formula is C20H25ClN4O2. The highest BCUT2D eigenvalue weighted by Gasteiger charge is 2.26. The van der Waals surface area contributed by atoms with Crippen LogP contribution in [0, 0.1) is 6.92 Å². The molecule has 1 unspecified atom stereocenters. The normalized spacial score (nSPS) is 16.2. The molecule has 2 aromatic rings. The zero-order valence-corrected chi connectivity index (χ0v) is 16.2. The predicted molar refractivity (Wildman–Crippen MR) is 106 cm³/mol. The van der Waals surface area contributed by atoms with Gasteiger partial charge in [-0.05, 0) is 42.3 Å². The van der Waals surface area contributed by atoms with Crippen LogP contribution in [-0.4, -0.2) is 58.7 Å². The molecule has 0 radical (unpaired) electrons. The Labute approximate surface area is 164 Å². The van der Waals surface area contributed by atoms with E-state index < -0.39 is 0 Å². The van der Waals surface area contributed by atoms with Gasteiger partial charge >= 0.3 is 6.03 Å². The van der Waals surface area contributed by atoms with Crippen LogP contribution in [0.25, 0.3) is 0 Å². The molecule has 27 heavy (non-hydrogen) atoms. The summed E-state index contributed by atoms with van der Waals surface area (Å²) in [6, 6.07) is 11.3. The number of hydrogen-bond acceptors (Lipinski definition) is 4. The number of nitrogens with one attached hydrogen (secondary N) is 1. The second kappa shape index (κ2) is 9.17. The van der Waals surface area contributed by atoms with Crippen molar-refractivity contribution < 1.29 is 9.90 Å². The van der Waals surface area contributed by atoms with Crippen molar-refractivity contribution in [2.24, 2.45) is 0 Å². The maximum Gasteiger partial charge on any atom is 0.317 e. The van der Waals surface area contributed by atoms with Crippen molar-refractivity contribution in [3.05, 3.63) is 64.4 Å². The topological polar surface area (TPSA) is 68.7 Å². The van der Waals surface area contributed by atoms with Gasteiger partial charge in [0.2, 0.25) is 0 Å². The first kappa shape index (κ1) is 19.6. The number of amides is 2. The third kappa shape index (κ3) is 5.19. The number of carbonyl (C=O) groups is 1. The van der Waals surface area contributed by atoms with Crippen molar-refractivity contribution in [1.29, 1.82) is 0 Å². The smallest absolute Gasteiger partial charge is 0.317 e. The molecule has 2 heterocycles. The second-order valence-electron chi connectivity index (χ2n) is 6.76. The molecule has 1 saturated heterocycles. The van der Waals surface area contributed by atoms with Crippen molar-refractivity contribution >= 4 is 17.6 Å². The van der Waals surface area contributed by atoms with E-state index in [4.69, 9.17) is 11.6 Å². The lowest BCUT2D eigenvalue weighted by atomic mass is 10.1. The van der Waals surface area contributed by atoms with Gasteiger partial charge in [-0.15, -0.1) is 0 Å².